The third kappa shape index (κ3) is 2.86. The number of rotatable bonds is 5. The van der Waals surface area contributed by atoms with E-state index in [9.17, 15) is 14.9 Å². The molecule has 1 fully saturated rings. The molecule has 3 heterocycles. The third-order valence-corrected chi connectivity index (χ3v) is 4.64. The lowest BCUT2D eigenvalue weighted by molar-refractivity contribution is -0.129. The first-order chi connectivity index (χ1) is 12.7. The molecule has 2 atom stereocenters. The van der Waals surface area contributed by atoms with E-state index in [2.05, 4.69) is 9.97 Å². The number of hydrogen-bond acceptors (Lipinski definition) is 5. The fraction of sp³-hybridized carbons (Fsp3) is 0.263. The van der Waals surface area contributed by atoms with E-state index in [0.29, 0.717) is 23.6 Å². The molecule has 130 valence electrons. The van der Waals surface area contributed by atoms with Crippen LogP contribution < -0.4 is 0 Å². The Hall–Kier alpha value is -3.40. The van der Waals surface area contributed by atoms with Crippen molar-refractivity contribution >= 4 is 22.7 Å². The number of furan rings is 1. The van der Waals surface area contributed by atoms with E-state index in [1.807, 2.05) is 30.3 Å². The summed E-state index contributed by atoms with van der Waals surface area (Å²) in [7, 11) is 0. The Morgan fingerprint density at radius 1 is 1.38 bits per heavy atom. The molecule has 0 unspecified atom stereocenters. The molecule has 7 nitrogen and oxygen atoms in total. The van der Waals surface area contributed by atoms with Gasteiger partial charge in [-0.25, -0.2) is 4.98 Å². The van der Waals surface area contributed by atoms with Crippen LogP contribution in [0.15, 0.2) is 47.1 Å². The normalized spacial score (nSPS) is 18.2. The molecule has 1 amide bonds. The predicted molar refractivity (Wildman–Crippen MR) is 91.7 cm³/mol. The van der Waals surface area contributed by atoms with Gasteiger partial charge >= 0.3 is 0 Å². The highest BCUT2D eigenvalue weighted by Crippen LogP contribution is 2.27. The van der Waals surface area contributed by atoms with Crippen LogP contribution in [0, 0.1) is 17.2 Å². The van der Waals surface area contributed by atoms with Crippen LogP contribution in [0.25, 0.3) is 11.0 Å². The van der Waals surface area contributed by atoms with Crippen LogP contribution in [0.1, 0.15) is 23.9 Å². The number of H-pyrrole nitrogens is 1. The van der Waals surface area contributed by atoms with Crippen molar-refractivity contribution in [3.8, 4) is 6.07 Å². The van der Waals surface area contributed by atoms with Crippen molar-refractivity contribution in [1.82, 2.24) is 14.9 Å². The minimum Gasteiger partial charge on any atom is -0.467 e. The summed E-state index contributed by atoms with van der Waals surface area (Å²) in [5, 5.41) is 9.53. The first kappa shape index (κ1) is 16.1. The van der Waals surface area contributed by atoms with E-state index < -0.39 is 11.8 Å². The number of carbonyl (C=O) groups excluding carboxylic acids is 2. The SMILES string of the molecule is N#C[C@H](C(=O)[C@H]1CC(=O)N(Cc2ccco2)C1)c1nc2ccccc2[nH]1. The van der Waals surface area contributed by atoms with Gasteiger partial charge in [-0.3, -0.25) is 9.59 Å². The highest BCUT2D eigenvalue weighted by Gasteiger charge is 2.39. The van der Waals surface area contributed by atoms with Crippen molar-refractivity contribution in [2.45, 2.75) is 18.9 Å². The number of fused-ring (bicyclic) bond motifs is 1. The Morgan fingerprint density at radius 2 is 2.23 bits per heavy atom. The average molecular weight is 348 g/mol. The maximum absolute atomic E-state index is 12.9. The fourth-order valence-corrected chi connectivity index (χ4v) is 3.31. The number of nitrogens with zero attached hydrogens (tertiary/aromatic N) is 3. The van der Waals surface area contributed by atoms with Crippen LogP contribution in [0.3, 0.4) is 0 Å². The summed E-state index contributed by atoms with van der Waals surface area (Å²) in [6.45, 7) is 0.619. The van der Waals surface area contributed by atoms with Crippen LogP contribution >= 0.6 is 0 Å². The van der Waals surface area contributed by atoms with E-state index in [1.54, 1.807) is 23.3 Å². The van der Waals surface area contributed by atoms with Crippen molar-refractivity contribution in [3.63, 3.8) is 0 Å². The molecule has 0 radical (unpaired) electrons. The zero-order chi connectivity index (χ0) is 18.1. The number of ketones is 1. The molecule has 0 bridgehead atoms. The molecular formula is C19H16N4O3. The maximum Gasteiger partial charge on any atom is 0.223 e. The summed E-state index contributed by atoms with van der Waals surface area (Å²) in [6, 6.07) is 12.9. The molecule has 1 aromatic carbocycles. The van der Waals surface area contributed by atoms with Crippen LogP contribution in [0.2, 0.25) is 0 Å². The lowest BCUT2D eigenvalue weighted by Gasteiger charge is -2.15. The van der Waals surface area contributed by atoms with Gasteiger partial charge in [0.05, 0.1) is 29.9 Å². The molecule has 1 aliphatic heterocycles. The Bertz CT molecular complexity index is 966. The van der Waals surface area contributed by atoms with Gasteiger partial charge < -0.3 is 14.3 Å². The first-order valence-corrected chi connectivity index (χ1v) is 8.34. The molecule has 2 aromatic heterocycles. The molecule has 26 heavy (non-hydrogen) atoms. The smallest absolute Gasteiger partial charge is 0.223 e. The Morgan fingerprint density at radius 3 is 2.96 bits per heavy atom. The van der Waals surface area contributed by atoms with Crippen molar-refractivity contribution < 1.29 is 14.0 Å². The van der Waals surface area contributed by atoms with Gasteiger partial charge in [-0.15, -0.1) is 0 Å². The zero-order valence-corrected chi connectivity index (χ0v) is 13.9. The van der Waals surface area contributed by atoms with Gasteiger partial charge in [0.2, 0.25) is 5.91 Å². The van der Waals surface area contributed by atoms with E-state index in [-0.39, 0.29) is 24.7 Å². The van der Waals surface area contributed by atoms with Gasteiger partial charge in [0.15, 0.2) is 11.7 Å². The molecule has 7 heteroatoms. The number of nitriles is 1. The van der Waals surface area contributed by atoms with Gasteiger partial charge in [-0.05, 0) is 24.3 Å². The number of aromatic nitrogens is 2. The lowest BCUT2D eigenvalue weighted by atomic mass is 9.92. The molecule has 1 saturated heterocycles. The van der Waals surface area contributed by atoms with Gasteiger partial charge in [-0.1, -0.05) is 12.1 Å². The van der Waals surface area contributed by atoms with Crippen LogP contribution in [-0.4, -0.2) is 33.1 Å². The molecule has 3 aromatic rings. The molecule has 1 aliphatic rings. The first-order valence-electron chi connectivity index (χ1n) is 8.34. The summed E-state index contributed by atoms with van der Waals surface area (Å²) >= 11 is 0. The summed E-state index contributed by atoms with van der Waals surface area (Å²) < 4.78 is 5.26. The second-order valence-electron chi connectivity index (χ2n) is 6.36. The summed E-state index contributed by atoms with van der Waals surface area (Å²) in [6.07, 6.45) is 1.66. The molecule has 0 aliphatic carbocycles. The monoisotopic (exact) mass is 348 g/mol. The second kappa shape index (κ2) is 6.48. The predicted octanol–water partition coefficient (Wildman–Crippen LogP) is 2.38. The number of aromatic amines is 1. The molecule has 0 saturated carbocycles. The third-order valence-electron chi connectivity index (χ3n) is 4.64. The number of amides is 1. The van der Waals surface area contributed by atoms with E-state index in [0.717, 1.165) is 5.52 Å². The van der Waals surface area contributed by atoms with Gasteiger partial charge in [-0.2, -0.15) is 5.26 Å². The number of Topliss-reactive ketones (excluding diaryl/α,β-unsaturated/α-hetero) is 1. The van der Waals surface area contributed by atoms with Gasteiger partial charge in [0.25, 0.3) is 0 Å². The average Bonchev–Trinajstić information content (AvgIpc) is 3.36. The number of likely N-dealkylation sites (tertiary alicyclic amines) is 1. The Balaban J connectivity index is 1.52. The minimum absolute atomic E-state index is 0.109. The molecular weight excluding hydrogens is 332 g/mol. The number of nitrogens with one attached hydrogen (secondary N) is 1. The summed E-state index contributed by atoms with van der Waals surface area (Å²) in [4.78, 5) is 34.1. The fourth-order valence-electron chi connectivity index (χ4n) is 3.31. The molecule has 4 rings (SSSR count). The number of carbonyl (C=O) groups is 2. The van der Waals surface area contributed by atoms with Crippen molar-refractivity contribution in [3.05, 3.63) is 54.2 Å². The van der Waals surface area contributed by atoms with Crippen LogP contribution in [0.4, 0.5) is 0 Å². The number of benzene rings is 1. The van der Waals surface area contributed by atoms with Crippen LogP contribution in [-0.2, 0) is 16.1 Å². The van der Waals surface area contributed by atoms with E-state index in [4.69, 9.17) is 4.42 Å². The Kier molecular flexibility index (Phi) is 4.01. The van der Waals surface area contributed by atoms with Crippen molar-refractivity contribution in [2.24, 2.45) is 5.92 Å². The van der Waals surface area contributed by atoms with Gasteiger partial charge in [0, 0.05) is 18.9 Å². The topological polar surface area (TPSA) is 103 Å². The summed E-state index contributed by atoms with van der Waals surface area (Å²) in [5.74, 6) is -0.918. The van der Waals surface area contributed by atoms with Gasteiger partial charge in [0.1, 0.15) is 11.6 Å². The highest BCUT2D eigenvalue weighted by atomic mass is 16.3. The largest absolute Gasteiger partial charge is 0.467 e. The molecule has 0 spiro atoms. The van der Waals surface area contributed by atoms with E-state index >= 15 is 0 Å². The quantitative estimate of drug-likeness (QED) is 0.762. The number of para-hydroxylation sites is 2. The van der Waals surface area contributed by atoms with Crippen molar-refractivity contribution in [2.75, 3.05) is 6.54 Å². The number of hydrogen-bond donors (Lipinski definition) is 1. The number of imidazole rings is 1. The minimum atomic E-state index is -1.01. The molecule has 1 N–H and O–H groups in total. The lowest BCUT2D eigenvalue weighted by Crippen LogP contribution is -2.27. The van der Waals surface area contributed by atoms with Crippen LogP contribution in [0.5, 0.6) is 0 Å². The zero-order valence-electron chi connectivity index (χ0n) is 13.9. The standard InChI is InChI=1S/C19H16N4O3/c20-9-14(19-21-15-5-1-2-6-16(15)22-19)18(25)12-8-17(24)23(10-12)11-13-4-3-7-26-13/h1-7,12,14H,8,10-11H2,(H,21,22)/t12-,14+/m0/s1. The Labute approximate surface area is 149 Å². The maximum atomic E-state index is 12.9. The van der Waals surface area contributed by atoms with Crippen molar-refractivity contribution in [1.29, 1.82) is 5.26 Å². The van der Waals surface area contributed by atoms with E-state index in [1.165, 1.54) is 0 Å². The highest BCUT2D eigenvalue weighted by molar-refractivity contribution is 5.95. The second-order valence-corrected chi connectivity index (χ2v) is 6.36. The summed E-state index contributed by atoms with van der Waals surface area (Å²) in [5.41, 5.74) is 1.48.